The number of thiophene rings is 1. The Morgan fingerprint density at radius 3 is 2.32 bits per heavy atom. The molecule has 0 spiro atoms. The second-order valence-corrected chi connectivity index (χ2v) is 10.8. The highest BCUT2D eigenvalue weighted by atomic mass is 32.2. The molecule has 0 radical (unpaired) electrons. The van der Waals surface area contributed by atoms with Gasteiger partial charge in [0.1, 0.15) is 11.0 Å². The minimum atomic E-state index is -2.16. The molecule has 4 rings (SSSR count). The summed E-state index contributed by atoms with van der Waals surface area (Å²) >= 11 is 0.950. The van der Waals surface area contributed by atoms with E-state index in [1.165, 1.54) is 18.3 Å². The van der Waals surface area contributed by atoms with Crippen LogP contribution in [0.25, 0.3) is 9.88 Å². The molecule has 0 saturated heterocycles. The van der Waals surface area contributed by atoms with Gasteiger partial charge >= 0.3 is 0 Å². The van der Waals surface area contributed by atoms with Crippen molar-refractivity contribution < 1.29 is 18.4 Å². The highest BCUT2D eigenvalue weighted by molar-refractivity contribution is 7.80. The number of hydrogen-bond acceptors (Lipinski definition) is 6. The van der Waals surface area contributed by atoms with E-state index in [2.05, 4.69) is 15.4 Å². The van der Waals surface area contributed by atoms with E-state index in [-0.39, 0.29) is 11.8 Å². The van der Waals surface area contributed by atoms with Crippen molar-refractivity contribution in [3.05, 3.63) is 94.3 Å². The summed E-state index contributed by atoms with van der Waals surface area (Å²) in [6.45, 7) is 1.39. The van der Waals surface area contributed by atoms with E-state index in [1.807, 2.05) is 65.4 Å². The van der Waals surface area contributed by atoms with Gasteiger partial charge in [-0.05, 0) is 41.1 Å². The molecule has 37 heavy (non-hydrogen) atoms. The molecule has 2 aromatic carbocycles. The summed E-state index contributed by atoms with van der Waals surface area (Å²) in [6.07, 6.45) is 0.801. The predicted molar refractivity (Wildman–Crippen MR) is 149 cm³/mol. The molecule has 11 heteroatoms. The van der Waals surface area contributed by atoms with Crippen LogP contribution in [-0.4, -0.2) is 31.6 Å². The molecule has 2 aromatic heterocycles. The first-order valence-electron chi connectivity index (χ1n) is 11.4. The number of nitrogens with zero attached hydrogens (tertiary/aromatic N) is 1. The molecule has 0 bridgehead atoms. The summed E-state index contributed by atoms with van der Waals surface area (Å²) in [5.74, 6) is -0.589. The molecule has 1 unspecified atom stereocenters. The van der Waals surface area contributed by atoms with E-state index in [1.54, 1.807) is 23.5 Å². The molecule has 3 atom stereocenters. The number of nitrogens with one attached hydrogen (secondary N) is 3. The van der Waals surface area contributed by atoms with Gasteiger partial charge < -0.3 is 10.6 Å². The van der Waals surface area contributed by atoms with Crippen molar-refractivity contribution in [2.24, 2.45) is 0 Å². The highest BCUT2D eigenvalue weighted by Gasteiger charge is 2.25. The first kappa shape index (κ1) is 26.7. The number of hydrogen-bond donors (Lipinski definition) is 4. The first-order valence-corrected chi connectivity index (χ1v) is 14.3. The van der Waals surface area contributed by atoms with E-state index in [9.17, 15) is 13.8 Å². The molecule has 0 fully saturated rings. The zero-order valence-electron chi connectivity index (χ0n) is 19.9. The van der Waals surface area contributed by atoms with E-state index in [0.29, 0.717) is 18.5 Å². The molecule has 4 aromatic rings. The Morgan fingerprint density at radius 1 is 0.946 bits per heavy atom. The second-order valence-electron chi connectivity index (χ2n) is 8.31. The topological polar surface area (TPSA) is 120 Å². The van der Waals surface area contributed by atoms with Crippen molar-refractivity contribution >= 4 is 51.4 Å². The molecule has 4 N–H and O–H groups in total. The largest absolute Gasteiger partial charge is 0.346 e. The number of carbonyl (C=O) groups is 2. The van der Waals surface area contributed by atoms with Gasteiger partial charge in [-0.3, -0.25) is 18.9 Å². The molecule has 0 aliphatic rings. The average molecular weight is 555 g/mol. The van der Waals surface area contributed by atoms with Gasteiger partial charge in [-0.1, -0.05) is 48.5 Å². The van der Waals surface area contributed by atoms with Crippen molar-refractivity contribution in [1.82, 2.24) is 15.6 Å². The Kier molecular flexibility index (Phi) is 9.18. The zero-order chi connectivity index (χ0) is 26.2. The van der Waals surface area contributed by atoms with Crippen molar-refractivity contribution in [3.8, 4) is 9.88 Å². The van der Waals surface area contributed by atoms with Crippen molar-refractivity contribution in [2.75, 3.05) is 4.72 Å². The van der Waals surface area contributed by atoms with Crippen LogP contribution < -0.4 is 15.4 Å². The summed E-state index contributed by atoms with van der Waals surface area (Å²) in [6, 6.07) is 19.4. The standard InChI is InChI=1S/C26H26N4O4S3/c1-17(31)27-22(15-18-6-3-2-4-7-18)25(32)28-21(14-19-9-11-20(12-10-19)30-37(33)34)23-16-36-26(29-23)24-8-5-13-35-24/h2-13,16,21-22,30H,14-15H2,1H3,(H,27,31)(H,28,32)(H,33,34)/t21-,22-/m0/s1. The monoisotopic (exact) mass is 554 g/mol. The van der Waals surface area contributed by atoms with E-state index in [4.69, 9.17) is 9.54 Å². The quantitative estimate of drug-likeness (QED) is 0.203. The summed E-state index contributed by atoms with van der Waals surface area (Å²) in [5, 5.41) is 10.7. The normalized spacial score (nSPS) is 13.4. The number of anilines is 1. The van der Waals surface area contributed by atoms with Gasteiger partial charge in [-0.25, -0.2) is 9.19 Å². The van der Waals surface area contributed by atoms with Crippen molar-refractivity contribution in [3.63, 3.8) is 0 Å². The molecular weight excluding hydrogens is 529 g/mol. The number of rotatable bonds is 11. The van der Waals surface area contributed by atoms with Gasteiger partial charge in [0.2, 0.25) is 11.8 Å². The van der Waals surface area contributed by atoms with Gasteiger partial charge in [0.25, 0.3) is 11.3 Å². The highest BCUT2D eigenvalue weighted by Crippen LogP contribution is 2.31. The maximum Gasteiger partial charge on any atom is 0.259 e. The molecule has 0 aliphatic heterocycles. The van der Waals surface area contributed by atoms with E-state index in [0.717, 1.165) is 26.7 Å². The Labute approximate surface area is 225 Å². The zero-order valence-corrected chi connectivity index (χ0v) is 22.4. The minimum Gasteiger partial charge on any atom is -0.346 e. The summed E-state index contributed by atoms with van der Waals surface area (Å²) < 4.78 is 22.5. The van der Waals surface area contributed by atoms with Crippen LogP contribution in [0.5, 0.6) is 0 Å². The number of carbonyl (C=O) groups excluding carboxylic acids is 2. The third-order valence-electron chi connectivity index (χ3n) is 5.50. The Morgan fingerprint density at radius 2 is 1.68 bits per heavy atom. The fourth-order valence-corrected chi connectivity index (χ4v) is 5.84. The lowest BCUT2D eigenvalue weighted by Gasteiger charge is -2.23. The third-order valence-corrected chi connectivity index (χ3v) is 7.81. The van der Waals surface area contributed by atoms with Crippen LogP contribution in [0.4, 0.5) is 5.69 Å². The van der Waals surface area contributed by atoms with Gasteiger partial charge in [-0.15, -0.1) is 22.7 Å². The molecule has 192 valence electrons. The molecular formula is C26H26N4O4S3. The maximum absolute atomic E-state index is 13.4. The Hall–Kier alpha value is -3.38. The maximum atomic E-state index is 13.4. The lowest BCUT2D eigenvalue weighted by Crippen LogP contribution is -2.48. The van der Waals surface area contributed by atoms with Crippen LogP contribution in [0.3, 0.4) is 0 Å². The van der Waals surface area contributed by atoms with Crippen LogP contribution in [0.1, 0.15) is 29.8 Å². The Balaban J connectivity index is 1.58. The van der Waals surface area contributed by atoms with Crippen LogP contribution in [0, 0.1) is 0 Å². The second kappa shape index (κ2) is 12.7. The summed E-state index contributed by atoms with van der Waals surface area (Å²) in [4.78, 5) is 31.2. The van der Waals surface area contributed by atoms with E-state index < -0.39 is 23.4 Å². The van der Waals surface area contributed by atoms with E-state index >= 15 is 0 Å². The molecule has 2 heterocycles. The molecule has 8 nitrogen and oxygen atoms in total. The molecule has 0 saturated carbocycles. The number of thiazole rings is 1. The third kappa shape index (κ3) is 7.80. The lowest BCUT2D eigenvalue weighted by molar-refractivity contribution is -0.128. The number of benzene rings is 2. The van der Waals surface area contributed by atoms with Crippen LogP contribution in [0.2, 0.25) is 0 Å². The van der Waals surface area contributed by atoms with Crippen LogP contribution >= 0.6 is 22.7 Å². The van der Waals surface area contributed by atoms with Gasteiger partial charge in [0.05, 0.1) is 16.6 Å². The van der Waals surface area contributed by atoms with Crippen LogP contribution in [-0.2, 0) is 33.7 Å². The first-order chi connectivity index (χ1) is 17.9. The van der Waals surface area contributed by atoms with Gasteiger partial charge in [-0.2, -0.15) is 0 Å². The smallest absolute Gasteiger partial charge is 0.259 e. The Bertz CT molecular complexity index is 1340. The summed E-state index contributed by atoms with van der Waals surface area (Å²) in [5.41, 5.74) is 3.07. The number of aromatic nitrogens is 1. The molecule has 0 aliphatic carbocycles. The van der Waals surface area contributed by atoms with Gasteiger partial charge in [0, 0.05) is 24.4 Å². The van der Waals surface area contributed by atoms with Crippen molar-refractivity contribution in [2.45, 2.75) is 31.8 Å². The fourth-order valence-electron chi connectivity index (χ4n) is 3.81. The fraction of sp³-hybridized carbons (Fsp3) is 0.192. The average Bonchev–Trinajstić information content (AvgIpc) is 3.57. The molecule has 2 amide bonds. The van der Waals surface area contributed by atoms with Crippen LogP contribution in [0.15, 0.2) is 77.5 Å². The van der Waals surface area contributed by atoms with Crippen molar-refractivity contribution in [1.29, 1.82) is 0 Å². The SMILES string of the molecule is CC(=O)N[C@@H](Cc1ccccc1)C(=O)N[C@@H](Cc1ccc(NS(=O)O)cc1)c1csc(-c2cccs2)n1. The summed E-state index contributed by atoms with van der Waals surface area (Å²) in [7, 11) is 0. The minimum absolute atomic E-state index is 0.286. The predicted octanol–water partition coefficient (Wildman–Crippen LogP) is 4.57. The van der Waals surface area contributed by atoms with Gasteiger partial charge in [0.15, 0.2) is 0 Å². The lowest BCUT2D eigenvalue weighted by atomic mass is 10.0. The number of amides is 2.